The Morgan fingerprint density at radius 3 is 2.92 bits per heavy atom. The van der Waals surface area contributed by atoms with Crippen LogP contribution in [-0.4, -0.2) is 28.9 Å². The number of thiocarbonyl (C=S) groups is 1. The van der Waals surface area contributed by atoms with Crippen LogP contribution < -0.4 is 5.73 Å². The fourth-order valence-corrected chi connectivity index (χ4v) is 1.68. The van der Waals surface area contributed by atoms with Crippen LogP contribution in [0.1, 0.15) is 26.2 Å². The molecule has 1 atom stereocenters. The Morgan fingerprint density at radius 2 is 2.46 bits per heavy atom. The molecule has 0 spiro atoms. The number of hydrogen-bond acceptors (Lipinski definition) is 2. The van der Waals surface area contributed by atoms with Gasteiger partial charge in [0.15, 0.2) is 0 Å². The molecule has 3 nitrogen and oxygen atoms in total. The average Bonchev–Trinajstić information content (AvgIpc) is 2.43. The molecule has 0 aromatic heterocycles. The number of hydrogen-bond donors (Lipinski definition) is 1. The molecule has 0 aromatic carbocycles. The van der Waals surface area contributed by atoms with Crippen LogP contribution in [0.25, 0.3) is 0 Å². The molecule has 1 rings (SSSR count). The van der Waals surface area contributed by atoms with Gasteiger partial charge in [0.2, 0.25) is 5.91 Å². The number of rotatable bonds is 4. The summed E-state index contributed by atoms with van der Waals surface area (Å²) in [5.41, 5.74) is 5.38. The van der Waals surface area contributed by atoms with E-state index in [0.717, 1.165) is 13.0 Å². The van der Waals surface area contributed by atoms with Gasteiger partial charge in [0.05, 0.1) is 4.99 Å². The summed E-state index contributed by atoms with van der Waals surface area (Å²) in [4.78, 5) is 13.8. The van der Waals surface area contributed by atoms with Crippen molar-refractivity contribution in [1.29, 1.82) is 0 Å². The van der Waals surface area contributed by atoms with E-state index in [1.54, 1.807) is 0 Å². The highest BCUT2D eigenvalue weighted by atomic mass is 32.1. The standard InChI is InChI=1S/C9H16N2OS/c1-2-7-5-9(12)11(6-7)4-3-8(10)13/h7H,2-6H2,1H3,(H2,10,13). The van der Waals surface area contributed by atoms with Crippen LogP contribution in [0.4, 0.5) is 0 Å². The third-order valence-corrected chi connectivity index (χ3v) is 2.70. The third-order valence-electron chi connectivity index (χ3n) is 2.50. The van der Waals surface area contributed by atoms with E-state index in [1.165, 1.54) is 0 Å². The highest BCUT2D eigenvalue weighted by Gasteiger charge is 2.27. The number of amides is 1. The molecule has 0 bridgehead atoms. The fraction of sp³-hybridized carbons (Fsp3) is 0.778. The molecule has 0 aromatic rings. The van der Waals surface area contributed by atoms with E-state index in [2.05, 4.69) is 6.92 Å². The lowest BCUT2D eigenvalue weighted by Crippen LogP contribution is -2.28. The lowest BCUT2D eigenvalue weighted by Gasteiger charge is -2.15. The summed E-state index contributed by atoms with van der Waals surface area (Å²) < 4.78 is 0. The summed E-state index contributed by atoms with van der Waals surface area (Å²) in [7, 11) is 0. The molecule has 4 heteroatoms. The summed E-state index contributed by atoms with van der Waals surface area (Å²) in [6.07, 6.45) is 2.43. The highest BCUT2D eigenvalue weighted by molar-refractivity contribution is 7.80. The maximum absolute atomic E-state index is 11.4. The van der Waals surface area contributed by atoms with Crippen molar-refractivity contribution in [2.45, 2.75) is 26.2 Å². The smallest absolute Gasteiger partial charge is 0.222 e. The SMILES string of the molecule is CCC1CC(=O)N(CCC(N)=S)C1. The first-order valence-electron chi connectivity index (χ1n) is 4.69. The van der Waals surface area contributed by atoms with Crippen molar-refractivity contribution >= 4 is 23.1 Å². The molecule has 1 heterocycles. The van der Waals surface area contributed by atoms with Crippen LogP contribution in [0.2, 0.25) is 0 Å². The van der Waals surface area contributed by atoms with Gasteiger partial charge in [0, 0.05) is 25.9 Å². The Balaban J connectivity index is 2.35. The van der Waals surface area contributed by atoms with E-state index < -0.39 is 0 Å². The average molecular weight is 200 g/mol. The van der Waals surface area contributed by atoms with Crippen molar-refractivity contribution in [2.24, 2.45) is 11.7 Å². The maximum Gasteiger partial charge on any atom is 0.222 e. The second kappa shape index (κ2) is 4.56. The molecular weight excluding hydrogens is 184 g/mol. The van der Waals surface area contributed by atoms with Gasteiger partial charge in [0.1, 0.15) is 0 Å². The third kappa shape index (κ3) is 2.95. The predicted molar refractivity (Wildman–Crippen MR) is 56.4 cm³/mol. The molecule has 2 N–H and O–H groups in total. The van der Waals surface area contributed by atoms with Crippen LogP contribution in [0.5, 0.6) is 0 Å². The Labute approximate surface area is 84.3 Å². The zero-order valence-corrected chi connectivity index (χ0v) is 8.77. The summed E-state index contributed by atoms with van der Waals surface area (Å²) in [6.45, 7) is 3.71. The number of nitrogens with zero attached hydrogens (tertiary/aromatic N) is 1. The summed E-state index contributed by atoms with van der Waals surface area (Å²) in [5, 5.41) is 0. The quantitative estimate of drug-likeness (QED) is 0.686. The molecular formula is C9H16N2OS. The molecule has 1 aliphatic rings. The minimum absolute atomic E-state index is 0.253. The van der Waals surface area contributed by atoms with Gasteiger partial charge in [-0.2, -0.15) is 0 Å². The van der Waals surface area contributed by atoms with E-state index in [1.807, 2.05) is 4.90 Å². The van der Waals surface area contributed by atoms with Crippen LogP contribution in [0, 0.1) is 5.92 Å². The zero-order chi connectivity index (χ0) is 9.84. The molecule has 0 saturated carbocycles. The minimum Gasteiger partial charge on any atom is -0.393 e. The number of likely N-dealkylation sites (tertiary alicyclic amines) is 1. The van der Waals surface area contributed by atoms with E-state index in [0.29, 0.717) is 30.3 Å². The van der Waals surface area contributed by atoms with E-state index in [-0.39, 0.29) is 5.91 Å². The largest absolute Gasteiger partial charge is 0.393 e. The second-order valence-electron chi connectivity index (χ2n) is 3.53. The molecule has 0 aliphatic carbocycles. The van der Waals surface area contributed by atoms with Crippen LogP contribution >= 0.6 is 12.2 Å². The van der Waals surface area contributed by atoms with Crippen LogP contribution in [0.15, 0.2) is 0 Å². The van der Waals surface area contributed by atoms with Crippen molar-refractivity contribution < 1.29 is 4.79 Å². The Kier molecular flexibility index (Phi) is 3.66. The van der Waals surface area contributed by atoms with Gasteiger partial charge in [-0.05, 0) is 5.92 Å². The summed E-state index contributed by atoms with van der Waals surface area (Å²) in [5.74, 6) is 0.793. The fourth-order valence-electron chi connectivity index (χ4n) is 1.59. The molecule has 1 fully saturated rings. The second-order valence-corrected chi connectivity index (χ2v) is 4.06. The Hall–Kier alpha value is -0.640. The number of nitrogens with two attached hydrogens (primary N) is 1. The lowest BCUT2D eigenvalue weighted by atomic mass is 10.1. The first kappa shape index (κ1) is 10.4. The molecule has 1 aliphatic heterocycles. The van der Waals surface area contributed by atoms with E-state index in [9.17, 15) is 4.79 Å². The van der Waals surface area contributed by atoms with Gasteiger partial charge in [-0.3, -0.25) is 4.79 Å². The molecule has 1 saturated heterocycles. The van der Waals surface area contributed by atoms with Crippen molar-refractivity contribution in [1.82, 2.24) is 4.90 Å². The summed E-state index contributed by atoms with van der Waals surface area (Å²) in [6, 6.07) is 0. The molecule has 1 unspecified atom stereocenters. The maximum atomic E-state index is 11.4. The van der Waals surface area contributed by atoms with Gasteiger partial charge in [-0.25, -0.2) is 0 Å². The zero-order valence-electron chi connectivity index (χ0n) is 7.95. The first-order chi connectivity index (χ1) is 6.13. The monoisotopic (exact) mass is 200 g/mol. The van der Waals surface area contributed by atoms with Crippen LogP contribution in [0.3, 0.4) is 0 Å². The Morgan fingerprint density at radius 1 is 1.77 bits per heavy atom. The summed E-state index contributed by atoms with van der Waals surface area (Å²) >= 11 is 4.77. The van der Waals surface area contributed by atoms with E-state index in [4.69, 9.17) is 18.0 Å². The van der Waals surface area contributed by atoms with Gasteiger partial charge in [-0.15, -0.1) is 0 Å². The van der Waals surface area contributed by atoms with Crippen LogP contribution in [-0.2, 0) is 4.79 Å². The Bertz CT molecular complexity index is 218. The molecule has 74 valence electrons. The topological polar surface area (TPSA) is 46.3 Å². The highest BCUT2D eigenvalue weighted by Crippen LogP contribution is 2.20. The van der Waals surface area contributed by atoms with Gasteiger partial charge >= 0.3 is 0 Å². The molecule has 0 radical (unpaired) electrons. The molecule has 1 amide bonds. The van der Waals surface area contributed by atoms with Crippen molar-refractivity contribution in [2.75, 3.05) is 13.1 Å². The number of carbonyl (C=O) groups is 1. The number of carbonyl (C=O) groups excluding carboxylic acids is 1. The van der Waals surface area contributed by atoms with Crippen molar-refractivity contribution in [3.05, 3.63) is 0 Å². The minimum atomic E-state index is 0.253. The van der Waals surface area contributed by atoms with E-state index >= 15 is 0 Å². The molecule has 13 heavy (non-hydrogen) atoms. The normalized spacial score (nSPS) is 22.4. The predicted octanol–water partition coefficient (Wildman–Crippen LogP) is 0.921. The van der Waals surface area contributed by atoms with Crippen molar-refractivity contribution in [3.63, 3.8) is 0 Å². The lowest BCUT2D eigenvalue weighted by molar-refractivity contribution is -0.127. The van der Waals surface area contributed by atoms with Gasteiger partial charge in [-0.1, -0.05) is 25.6 Å². The van der Waals surface area contributed by atoms with Crippen molar-refractivity contribution in [3.8, 4) is 0 Å². The first-order valence-corrected chi connectivity index (χ1v) is 5.10. The van der Waals surface area contributed by atoms with Gasteiger partial charge in [0.25, 0.3) is 0 Å². The van der Waals surface area contributed by atoms with Gasteiger partial charge < -0.3 is 10.6 Å².